The van der Waals surface area contributed by atoms with Gasteiger partial charge in [-0.05, 0) is 48.0 Å². The lowest BCUT2D eigenvalue weighted by molar-refractivity contribution is 0.185. The minimum Gasteiger partial charge on any atom is -0.446 e. The smallest absolute Gasteiger partial charge is 0.230 e. The molecule has 8 nitrogen and oxygen atoms in total. The molecule has 1 aromatic carbocycles. The Labute approximate surface area is 188 Å². The van der Waals surface area contributed by atoms with Crippen molar-refractivity contribution in [3.8, 4) is 34.2 Å². The van der Waals surface area contributed by atoms with Crippen LogP contribution in [0.2, 0.25) is 0 Å². The van der Waals surface area contributed by atoms with Gasteiger partial charge in [0.25, 0.3) is 0 Å². The number of rotatable bonds is 6. The summed E-state index contributed by atoms with van der Waals surface area (Å²) in [5.74, 6) is 1.15. The van der Waals surface area contributed by atoms with E-state index in [1.54, 1.807) is 30.6 Å². The van der Waals surface area contributed by atoms with E-state index in [4.69, 9.17) is 20.4 Å². The molecule has 0 saturated carbocycles. The first-order chi connectivity index (χ1) is 16.2. The van der Waals surface area contributed by atoms with Crippen LogP contribution in [0.1, 0.15) is 5.56 Å². The summed E-state index contributed by atoms with van der Waals surface area (Å²) in [6.07, 6.45) is 3.21. The molecule has 0 saturated heterocycles. The Balaban J connectivity index is 1.71. The lowest BCUT2D eigenvalue weighted by Gasteiger charge is -2.11. The van der Waals surface area contributed by atoms with Crippen LogP contribution in [-0.4, -0.2) is 36.5 Å². The van der Waals surface area contributed by atoms with Crippen molar-refractivity contribution in [2.75, 3.05) is 12.6 Å². The Hall–Kier alpha value is -4.37. The van der Waals surface area contributed by atoms with Gasteiger partial charge in [0.15, 0.2) is 11.5 Å². The van der Waals surface area contributed by atoms with Gasteiger partial charge in [0.05, 0.1) is 17.9 Å². The van der Waals surface area contributed by atoms with E-state index in [1.165, 1.54) is 0 Å². The molecule has 0 unspecified atom stereocenters. The van der Waals surface area contributed by atoms with Gasteiger partial charge < -0.3 is 15.6 Å². The summed E-state index contributed by atoms with van der Waals surface area (Å²) >= 11 is 0. The van der Waals surface area contributed by atoms with Gasteiger partial charge in [-0.2, -0.15) is 0 Å². The zero-order chi connectivity index (χ0) is 22.8. The Morgan fingerprint density at radius 3 is 2.52 bits per heavy atom. The largest absolute Gasteiger partial charge is 0.446 e. The topological polar surface area (TPSA) is 112 Å². The molecule has 164 valence electrons. The number of aliphatic hydroxyl groups is 1. The number of nitrogens with zero attached hydrogens (tertiary/aromatic N) is 5. The van der Waals surface area contributed by atoms with Gasteiger partial charge in [0.1, 0.15) is 11.3 Å². The molecule has 4 aromatic heterocycles. The van der Waals surface area contributed by atoms with Crippen LogP contribution in [0.4, 0.5) is 10.2 Å². The number of pyridine rings is 3. The SMILES string of the molecule is Nc1ncccc1-c1nc2ccc(-c3ccc(OCF)nc3)nc2n1-c1ccc(CO)cc1. The third kappa shape index (κ3) is 3.85. The third-order valence-corrected chi connectivity index (χ3v) is 5.20. The van der Waals surface area contributed by atoms with E-state index in [0.29, 0.717) is 34.1 Å². The van der Waals surface area contributed by atoms with E-state index >= 15 is 0 Å². The molecule has 0 radical (unpaired) electrons. The summed E-state index contributed by atoms with van der Waals surface area (Å²) < 4.78 is 19.1. The molecule has 0 aliphatic rings. The number of aliphatic hydroxyl groups excluding tert-OH is 1. The van der Waals surface area contributed by atoms with Crippen molar-refractivity contribution >= 4 is 17.0 Å². The molecule has 0 spiro atoms. The van der Waals surface area contributed by atoms with E-state index in [9.17, 15) is 9.50 Å². The Morgan fingerprint density at radius 1 is 0.970 bits per heavy atom. The maximum Gasteiger partial charge on any atom is 0.230 e. The molecule has 3 N–H and O–H groups in total. The van der Waals surface area contributed by atoms with Gasteiger partial charge in [-0.1, -0.05) is 12.1 Å². The molecule has 5 aromatic rings. The molecular formula is C24H19FN6O2. The minimum absolute atomic E-state index is 0.0507. The van der Waals surface area contributed by atoms with Crippen LogP contribution in [0.25, 0.3) is 39.5 Å². The fourth-order valence-corrected chi connectivity index (χ4v) is 3.57. The summed E-state index contributed by atoms with van der Waals surface area (Å²) in [7, 11) is 0. The summed E-state index contributed by atoms with van der Waals surface area (Å²) in [6, 6.07) is 18.2. The number of hydrogen-bond acceptors (Lipinski definition) is 7. The average Bonchev–Trinajstić information content (AvgIpc) is 3.23. The van der Waals surface area contributed by atoms with Crippen LogP contribution in [0, 0.1) is 0 Å². The van der Waals surface area contributed by atoms with Crippen molar-refractivity contribution in [3.63, 3.8) is 0 Å². The van der Waals surface area contributed by atoms with Gasteiger partial charge in [-0.3, -0.25) is 4.57 Å². The Bertz CT molecular complexity index is 1420. The van der Waals surface area contributed by atoms with Gasteiger partial charge in [0.2, 0.25) is 12.7 Å². The Morgan fingerprint density at radius 2 is 1.82 bits per heavy atom. The highest BCUT2D eigenvalue weighted by atomic mass is 19.1. The van der Waals surface area contributed by atoms with Crippen LogP contribution >= 0.6 is 0 Å². The molecule has 5 rings (SSSR count). The van der Waals surface area contributed by atoms with Crippen molar-refractivity contribution in [2.45, 2.75) is 6.61 Å². The van der Waals surface area contributed by atoms with Crippen LogP contribution in [0.15, 0.2) is 73.1 Å². The molecule has 0 fully saturated rings. The molecule has 0 amide bonds. The summed E-state index contributed by atoms with van der Waals surface area (Å²) in [5, 5.41) is 9.42. The second-order valence-corrected chi connectivity index (χ2v) is 7.21. The molecule has 0 atom stereocenters. The van der Waals surface area contributed by atoms with Crippen LogP contribution in [0.3, 0.4) is 0 Å². The second-order valence-electron chi connectivity index (χ2n) is 7.21. The quantitative estimate of drug-likeness (QED) is 0.410. The maximum absolute atomic E-state index is 12.4. The van der Waals surface area contributed by atoms with Crippen molar-refractivity contribution in [3.05, 3.63) is 78.6 Å². The van der Waals surface area contributed by atoms with Crippen LogP contribution in [-0.2, 0) is 6.61 Å². The number of hydrogen-bond donors (Lipinski definition) is 2. The summed E-state index contributed by atoms with van der Waals surface area (Å²) in [5.41, 5.74) is 11.1. The summed E-state index contributed by atoms with van der Waals surface area (Å²) in [4.78, 5) is 18.0. The van der Waals surface area contributed by atoms with Gasteiger partial charge in [-0.25, -0.2) is 24.3 Å². The van der Waals surface area contributed by atoms with Crippen molar-refractivity contribution in [1.29, 1.82) is 0 Å². The number of benzene rings is 1. The lowest BCUT2D eigenvalue weighted by Crippen LogP contribution is -2.02. The normalized spacial score (nSPS) is 11.1. The molecular weight excluding hydrogens is 423 g/mol. The number of nitrogen functional groups attached to an aromatic ring is 1. The van der Waals surface area contributed by atoms with Crippen LogP contribution in [0.5, 0.6) is 5.88 Å². The molecule has 0 aliphatic carbocycles. The highest BCUT2D eigenvalue weighted by Crippen LogP contribution is 2.31. The van der Waals surface area contributed by atoms with Crippen molar-refractivity contribution in [2.24, 2.45) is 0 Å². The molecule has 0 bridgehead atoms. The second kappa shape index (κ2) is 8.64. The number of fused-ring (bicyclic) bond motifs is 1. The van der Waals surface area contributed by atoms with E-state index in [0.717, 1.165) is 16.8 Å². The van der Waals surface area contributed by atoms with E-state index in [-0.39, 0.29) is 12.5 Å². The maximum atomic E-state index is 12.4. The standard InChI is InChI=1S/C24H19FN6O2/c25-14-33-21-10-5-16(12-28-21)19-8-9-20-24(29-19)31(17-6-3-15(13-32)4-7-17)23(30-20)18-2-1-11-27-22(18)26/h1-12,32H,13-14H2,(H2,26,27). The van der Waals surface area contributed by atoms with Crippen molar-refractivity contribution in [1.82, 2.24) is 24.5 Å². The molecule has 4 heterocycles. The number of aromatic nitrogens is 5. The van der Waals surface area contributed by atoms with E-state index < -0.39 is 6.86 Å². The van der Waals surface area contributed by atoms with Crippen molar-refractivity contribution < 1.29 is 14.2 Å². The number of nitrogens with two attached hydrogens (primary N) is 1. The zero-order valence-electron chi connectivity index (χ0n) is 17.4. The first-order valence-electron chi connectivity index (χ1n) is 10.1. The van der Waals surface area contributed by atoms with Gasteiger partial charge >= 0.3 is 0 Å². The summed E-state index contributed by atoms with van der Waals surface area (Å²) in [6.45, 7) is -0.990. The fraction of sp³-hybridized carbons (Fsp3) is 0.0833. The first kappa shape index (κ1) is 20.5. The van der Waals surface area contributed by atoms with E-state index in [2.05, 4.69) is 9.97 Å². The highest BCUT2D eigenvalue weighted by Gasteiger charge is 2.18. The number of anilines is 1. The number of ether oxygens (including phenoxy) is 1. The predicted octanol–water partition coefficient (Wildman–Crippen LogP) is 3.92. The monoisotopic (exact) mass is 442 g/mol. The zero-order valence-corrected chi connectivity index (χ0v) is 17.4. The first-order valence-corrected chi connectivity index (χ1v) is 10.1. The lowest BCUT2D eigenvalue weighted by atomic mass is 10.2. The number of alkyl halides is 1. The van der Waals surface area contributed by atoms with Crippen LogP contribution < -0.4 is 10.5 Å². The molecule has 33 heavy (non-hydrogen) atoms. The van der Waals surface area contributed by atoms with Gasteiger partial charge in [-0.15, -0.1) is 0 Å². The minimum atomic E-state index is -0.939. The van der Waals surface area contributed by atoms with E-state index in [1.807, 2.05) is 47.0 Å². The Kier molecular flexibility index (Phi) is 5.37. The average molecular weight is 442 g/mol. The number of halogens is 1. The third-order valence-electron chi connectivity index (χ3n) is 5.20. The molecule has 0 aliphatic heterocycles. The highest BCUT2D eigenvalue weighted by molar-refractivity contribution is 5.84. The molecule has 9 heteroatoms. The van der Waals surface area contributed by atoms with Gasteiger partial charge in [0, 0.05) is 29.7 Å². The fourth-order valence-electron chi connectivity index (χ4n) is 3.57. The predicted molar refractivity (Wildman–Crippen MR) is 122 cm³/mol. The number of imidazole rings is 1.